The Kier molecular flexibility index (Phi) is 4.89. The van der Waals surface area contributed by atoms with Gasteiger partial charge in [0, 0.05) is 13.8 Å². The third-order valence-electron chi connectivity index (χ3n) is 2.72. The van der Waals surface area contributed by atoms with E-state index in [1.165, 1.54) is 10.4 Å². The number of hydrogen-bond donors (Lipinski definition) is 1. The number of rotatable bonds is 3. The van der Waals surface area contributed by atoms with Gasteiger partial charge >= 0.3 is 0 Å². The van der Waals surface area contributed by atoms with Crippen LogP contribution in [0.1, 0.15) is 22.0 Å². The summed E-state index contributed by atoms with van der Waals surface area (Å²) in [6, 6.07) is 8.47. The van der Waals surface area contributed by atoms with E-state index in [1.54, 1.807) is 11.3 Å². The van der Waals surface area contributed by atoms with Crippen molar-refractivity contribution in [2.75, 3.05) is 7.05 Å². The van der Waals surface area contributed by atoms with E-state index in [0.717, 1.165) is 18.8 Å². The summed E-state index contributed by atoms with van der Waals surface area (Å²) in [7, 11) is 1.96. The van der Waals surface area contributed by atoms with Gasteiger partial charge < -0.3 is 5.32 Å². The van der Waals surface area contributed by atoms with Crippen LogP contribution in [0.3, 0.4) is 0 Å². The second-order valence-electron chi connectivity index (χ2n) is 3.99. The Balaban J connectivity index is 2.48. The molecule has 18 heavy (non-hydrogen) atoms. The molecule has 5 heteroatoms. The molecular weight excluding hydrogens is 397 g/mol. The number of hydrogen-bond acceptors (Lipinski definition) is 2. The fourth-order valence-corrected chi connectivity index (χ4v) is 4.01. The Hall–Kier alpha value is 0.130. The first kappa shape index (κ1) is 14.5. The minimum Gasteiger partial charge on any atom is -0.309 e. The largest absolute Gasteiger partial charge is 0.309 e. The predicted molar refractivity (Wildman–Crippen MR) is 86.8 cm³/mol. The fraction of sp³-hybridized carbons (Fsp3) is 0.231. The lowest BCUT2D eigenvalue weighted by Crippen LogP contribution is -2.17. The molecule has 0 radical (unpaired) electrons. The Morgan fingerprint density at radius 3 is 2.56 bits per heavy atom. The zero-order chi connectivity index (χ0) is 13.3. The molecule has 1 heterocycles. The molecule has 1 nitrogen and oxygen atoms in total. The average molecular weight is 410 g/mol. The molecule has 0 fully saturated rings. The number of thiophene rings is 1. The molecule has 0 amide bonds. The first-order valence-corrected chi connectivity index (χ1v) is 8.19. The lowest BCUT2D eigenvalue weighted by Gasteiger charge is -2.17. The van der Waals surface area contributed by atoms with Crippen molar-refractivity contribution in [1.82, 2.24) is 5.32 Å². The van der Waals surface area contributed by atoms with Gasteiger partial charge in [0.1, 0.15) is 0 Å². The van der Waals surface area contributed by atoms with Gasteiger partial charge in [0.05, 0.1) is 10.4 Å². The van der Waals surface area contributed by atoms with Crippen LogP contribution in [0, 0.1) is 6.92 Å². The lowest BCUT2D eigenvalue weighted by molar-refractivity contribution is 0.700. The average Bonchev–Trinajstić information content (AvgIpc) is 2.65. The van der Waals surface area contributed by atoms with Crippen molar-refractivity contribution in [3.05, 3.63) is 53.6 Å². The zero-order valence-electron chi connectivity index (χ0n) is 9.93. The van der Waals surface area contributed by atoms with Crippen LogP contribution >= 0.6 is 54.8 Å². The van der Waals surface area contributed by atoms with Crippen LogP contribution in [0.5, 0.6) is 0 Å². The Labute approximate surface area is 133 Å². The number of nitrogens with one attached hydrogen (secondary N) is 1. The summed E-state index contributed by atoms with van der Waals surface area (Å²) in [5, 5.41) is 3.34. The van der Waals surface area contributed by atoms with Gasteiger partial charge in [-0.15, -0.1) is 11.3 Å². The SMILES string of the molecule is CNC(c1cc(C)c(Cl)s1)c1cc(Br)ccc1Br. The van der Waals surface area contributed by atoms with E-state index < -0.39 is 0 Å². The fourth-order valence-electron chi connectivity index (χ4n) is 1.81. The highest BCUT2D eigenvalue weighted by Gasteiger charge is 2.18. The molecule has 1 unspecified atom stereocenters. The summed E-state index contributed by atoms with van der Waals surface area (Å²) in [6.45, 7) is 2.03. The van der Waals surface area contributed by atoms with E-state index >= 15 is 0 Å². The summed E-state index contributed by atoms with van der Waals surface area (Å²) in [6.07, 6.45) is 0. The molecule has 2 rings (SSSR count). The normalized spacial score (nSPS) is 12.7. The maximum Gasteiger partial charge on any atom is 0.0961 e. The Bertz CT molecular complexity index is 549. The van der Waals surface area contributed by atoms with Crippen molar-refractivity contribution in [3.8, 4) is 0 Å². The molecule has 0 saturated carbocycles. The number of aryl methyl sites for hydroxylation is 1. The van der Waals surface area contributed by atoms with Crippen LogP contribution in [0.2, 0.25) is 4.34 Å². The van der Waals surface area contributed by atoms with Gasteiger partial charge in [-0.1, -0.05) is 43.5 Å². The van der Waals surface area contributed by atoms with E-state index in [-0.39, 0.29) is 6.04 Å². The van der Waals surface area contributed by atoms with Gasteiger partial charge in [-0.25, -0.2) is 0 Å². The molecule has 1 aromatic carbocycles. The molecule has 1 N–H and O–H groups in total. The van der Waals surface area contributed by atoms with Crippen molar-refractivity contribution in [2.24, 2.45) is 0 Å². The van der Waals surface area contributed by atoms with Crippen LogP contribution in [-0.4, -0.2) is 7.05 Å². The van der Waals surface area contributed by atoms with E-state index in [4.69, 9.17) is 11.6 Å². The zero-order valence-corrected chi connectivity index (χ0v) is 14.7. The van der Waals surface area contributed by atoms with E-state index in [9.17, 15) is 0 Å². The summed E-state index contributed by atoms with van der Waals surface area (Å²) >= 11 is 14.9. The Morgan fingerprint density at radius 2 is 2.00 bits per heavy atom. The molecule has 0 aliphatic heterocycles. The molecule has 0 spiro atoms. The van der Waals surface area contributed by atoms with E-state index in [2.05, 4.69) is 49.3 Å². The van der Waals surface area contributed by atoms with Crippen LogP contribution in [0.25, 0.3) is 0 Å². The molecule has 96 valence electrons. The minimum atomic E-state index is 0.146. The van der Waals surface area contributed by atoms with Crippen LogP contribution in [0.15, 0.2) is 33.2 Å². The second-order valence-corrected chi connectivity index (χ2v) is 7.45. The predicted octanol–water partition coefficient (Wildman–Crippen LogP) is 5.54. The molecule has 1 atom stereocenters. The standard InChI is InChI=1S/C13H12Br2ClNS/c1-7-5-11(18-13(7)16)12(17-2)9-6-8(14)3-4-10(9)15/h3-6,12,17H,1-2H3. The van der Waals surface area contributed by atoms with Gasteiger partial charge in [-0.2, -0.15) is 0 Å². The molecule has 1 aromatic heterocycles. The first-order chi connectivity index (χ1) is 8.52. The highest BCUT2D eigenvalue weighted by Crippen LogP contribution is 2.37. The number of halogens is 3. The molecule has 0 aliphatic carbocycles. The van der Waals surface area contributed by atoms with Crippen LogP contribution in [-0.2, 0) is 0 Å². The van der Waals surface area contributed by atoms with Crippen molar-refractivity contribution in [3.63, 3.8) is 0 Å². The lowest BCUT2D eigenvalue weighted by atomic mass is 10.1. The summed E-state index contributed by atoms with van der Waals surface area (Å²) in [5.74, 6) is 0. The molecule has 0 saturated heterocycles. The third kappa shape index (κ3) is 2.99. The maximum atomic E-state index is 6.16. The molecule has 2 aromatic rings. The van der Waals surface area contributed by atoms with E-state index in [0.29, 0.717) is 0 Å². The van der Waals surface area contributed by atoms with Gasteiger partial charge in [-0.05, 0) is 49.4 Å². The van der Waals surface area contributed by atoms with Gasteiger partial charge in [-0.3, -0.25) is 0 Å². The quantitative estimate of drug-likeness (QED) is 0.701. The molecule has 0 aliphatic rings. The van der Waals surface area contributed by atoms with Crippen molar-refractivity contribution >= 4 is 54.8 Å². The topological polar surface area (TPSA) is 12.0 Å². The van der Waals surface area contributed by atoms with Gasteiger partial charge in [0.2, 0.25) is 0 Å². The van der Waals surface area contributed by atoms with Crippen LogP contribution < -0.4 is 5.32 Å². The third-order valence-corrected chi connectivity index (χ3v) is 5.55. The highest BCUT2D eigenvalue weighted by atomic mass is 79.9. The molecular formula is C13H12Br2ClNS. The second kappa shape index (κ2) is 6.06. The summed E-state index contributed by atoms with van der Waals surface area (Å²) in [4.78, 5) is 1.22. The first-order valence-electron chi connectivity index (χ1n) is 5.41. The summed E-state index contributed by atoms with van der Waals surface area (Å²) < 4.78 is 3.02. The minimum absolute atomic E-state index is 0.146. The van der Waals surface area contributed by atoms with Gasteiger partial charge in [0.25, 0.3) is 0 Å². The van der Waals surface area contributed by atoms with E-state index in [1.807, 2.05) is 26.1 Å². The molecule has 0 bridgehead atoms. The van der Waals surface area contributed by atoms with Crippen molar-refractivity contribution < 1.29 is 0 Å². The monoisotopic (exact) mass is 407 g/mol. The Morgan fingerprint density at radius 1 is 1.28 bits per heavy atom. The maximum absolute atomic E-state index is 6.16. The van der Waals surface area contributed by atoms with Crippen molar-refractivity contribution in [2.45, 2.75) is 13.0 Å². The highest BCUT2D eigenvalue weighted by molar-refractivity contribution is 9.11. The smallest absolute Gasteiger partial charge is 0.0961 e. The van der Waals surface area contributed by atoms with Gasteiger partial charge in [0.15, 0.2) is 0 Å². The summed E-state index contributed by atoms with van der Waals surface area (Å²) in [5.41, 5.74) is 2.33. The van der Waals surface area contributed by atoms with Crippen molar-refractivity contribution in [1.29, 1.82) is 0 Å². The van der Waals surface area contributed by atoms with Crippen LogP contribution in [0.4, 0.5) is 0 Å². The number of benzene rings is 1.